The predicted molar refractivity (Wildman–Crippen MR) is 114 cm³/mol. The Morgan fingerprint density at radius 1 is 1.17 bits per heavy atom. The predicted octanol–water partition coefficient (Wildman–Crippen LogP) is 5.76. The Morgan fingerprint density at radius 2 is 2.03 bits per heavy atom. The molecule has 0 bridgehead atoms. The van der Waals surface area contributed by atoms with Gasteiger partial charge in [-0.15, -0.1) is 16.4 Å². The van der Waals surface area contributed by atoms with Gasteiger partial charge in [0.25, 0.3) is 0 Å². The number of aromatic nitrogens is 4. The molecule has 5 rings (SSSR count). The van der Waals surface area contributed by atoms with Crippen molar-refractivity contribution in [3.8, 4) is 17.3 Å². The fourth-order valence-electron chi connectivity index (χ4n) is 3.27. The molecule has 29 heavy (non-hydrogen) atoms. The SMILES string of the molecule is Cc1cccc(Cl)c1OCc1ccc(-c2nc3c4c(C)c(C)sc4ncn3n2)o1. The summed E-state index contributed by atoms with van der Waals surface area (Å²) in [6, 6.07) is 9.37. The van der Waals surface area contributed by atoms with E-state index < -0.39 is 0 Å². The molecule has 0 aliphatic rings. The van der Waals surface area contributed by atoms with Crippen LogP contribution in [0.2, 0.25) is 5.02 Å². The lowest BCUT2D eigenvalue weighted by molar-refractivity contribution is 0.270. The first-order valence-corrected chi connectivity index (χ1v) is 10.3. The van der Waals surface area contributed by atoms with Crippen LogP contribution in [0.5, 0.6) is 5.75 Å². The van der Waals surface area contributed by atoms with E-state index in [1.54, 1.807) is 28.2 Å². The molecule has 4 heterocycles. The molecule has 0 spiro atoms. The molecular formula is C21H17ClN4O2S. The minimum atomic E-state index is 0.270. The van der Waals surface area contributed by atoms with Gasteiger partial charge in [0.2, 0.25) is 5.82 Å². The zero-order valence-electron chi connectivity index (χ0n) is 16.1. The van der Waals surface area contributed by atoms with Crippen molar-refractivity contribution < 1.29 is 9.15 Å². The highest BCUT2D eigenvalue weighted by molar-refractivity contribution is 7.18. The summed E-state index contributed by atoms with van der Waals surface area (Å²) in [7, 11) is 0. The lowest BCUT2D eigenvalue weighted by Crippen LogP contribution is -1.96. The normalized spacial score (nSPS) is 11.6. The van der Waals surface area contributed by atoms with Crippen molar-refractivity contribution in [1.29, 1.82) is 0 Å². The molecule has 0 aliphatic carbocycles. The molecule has 0 unspecified atom stereocenters. The van der Waals surface area contributed by atoms with Gasteiger partial charge >= 0.3 is 0 Å². The summed E-state index contributed by atoms with van der Waals surface area (Å²) < 4.78 is 13.5. The largest absolute Gasteiger partial charge is 0.484 e. The summed E-state index contributed by atoms with van der Waals surface area (Å²) in [6.45, 7) is 6.41. The molecule has 0 amide bonds. The Morgan fingerprint density at radius 3 is 2.86 bits per heavy atom. The number of nitrogens with zero attached hydrogens (tertiary/aromatic N) is 4. The van der Waals surface area contributed by atoms with Gasteiger partial charge in [-0.25, -0.2) is 14.5 Å². The van der Waals surface area contributed by atoms with Gasteiger partial charge in [0.05, 0.1) is 10.4 Å². The monoisotopic (exact) mass is 424 g/mol. The van der Waals surface area contributed by atoms with Crippen molar-refractivity contribution >= 4 is 38.8 Å². The van der Waals surface area contributed by atoms with Crippen molar-refractivity contribution in [1.82, 2.24) is 19.6 Å². The molecule has 0 atom stereocenters. The number of thiophene rings is 1. The highest BCUT2D eigenvalue weighted by Gasteiger charge is 2.17. The molecule has 8 heteroatoms. The van der Waals surface area contributed by atoms with E-state index in [0.717, 1.165) is 21.4 Å². The van der Waals surface area contributed by atoms with Crippen molar-refractivity contribution in [3.63, 3.8) is 0 Å². The number of benzene rings is 1. The van der Waals surface area contributed by atoms with Crippen LogP contribution in [0.25, 0.3) is 27.4 Å². The molecule has 5 aromatic rings. The maximum absolute atomic E-state index is 6.22. The third kappa shape index (κ3) is 3.07. The zero-order chi connectivity index (χ0) is 20.1. The molecule has 0 saturated heterocycles. The van der Waals surface area contributed by atoms with E-state index in [1.165, 1.54) is 10.4 Å². The molecular weight excluding hydrogens is 408 g/mol. The van der Waals surface area contributed by atoms with Crippen LogP contribution < -0.4 is 4.74 Å². The Labute approximate surface area is 175 Å². The van der Waals surface area contributed by atoms with Crippen LogP contribution in [0.3, 0.4) is 0 Å². The van der Waals surface area contributed by atoms with Gasteiger partial charge in [-0.3, -0.25) is 0 Å². The van der Waals surface area contributed by atoms with Gasteiger partial charge in [0, 0.05) is 4.88 Å². The summed E-state index contributed by atoms with van der Waals surface area (Å²) in [4.78, 5) is 11.4. The second-order valence-electron chi connectivity index (χ2n) is 6.85. The first-order chi connectivity index (χ1) is 14.0. The molecule has 0 radical (unpaired) electrons. The highest BCUT2D eigenvalue weighted by Crippen LogP contribution is 2.32. The van der Waals surface area contributed by atoms with Crippen molar-refractivity contribution in [3.05, 3.63) is 63.4 Å². The second-order valence-corrected chi connectivity index (χ2v) is 8.46. The van der Waals surface area contributed by atoms with Crippen LogP contribution in [0.4, 0.5) is 0 Å². The Hall–Kier alpha value is -2.90. The zero-order valence-corrected chi connectivity index (χ0v) is 17.6. The quantitative estimate of drug-likeness (QED) is 0.367. The first-order valence-electron chi connectivity index (χ1n) is 9.09. The van der Waals surface area contributed by atoms with E-state index in [0.29, 0.717) is 28.1 Å². The Balaban J connectivity index is 1.46. The number of ether oxygens (including phenoxy) is 1. The number of para-hydroxylation sites is 1. The maximum Gasteiger partial charge on any atom is 0.217 e. The average Bonchev–Trinajstić information content (AvgIpc) is 3.39. The van der Waals surface area contributed by atoms with E-state index in [2.05, 4.69) is 23.9 Å². The standard InChI is InChI=1S/C21H17ClN4O2S/c1-11-5-4-6-15(22)18(11)27-9-14-7-8-16(28-14)19-24-20-17-12(2)13(3)29-21(17)23-10-26(20)25-19/h4-8,10H,9H2,1-3H3. The number of halogens is 1. The van der Waals surface area contributed by atoms with Crippen molar-refractivity contribution in [2.24, 2.45) is 0 Å². The lowest BCUT2D eigenvalue weighted by Gasteiger charge is -2.09. The third-order valence-corrected chi connectivity index (χ3v) is 6.32. The van der Waals surface area contributed by atoms with E-state index in [9.17, 15) is 0 Å². The summed E-state index contributed by atoms with van der Waals surface area (Å²) in [5, 5.41) is 6.16. The van der Waals surface area contributed by atoms with Gasteiger partial charge in [-0.05, 0) is 50.1 Å². The fraction of sp³-hybridized carbons (Fsp3) is 0.190. The number of furan rings is 1. The number of hydrogen-bond donors (Lipinski definition) is 0. The number of fused-ring (bicyclic) bond motifs is 3. The average molecular weight is 425 g/mol. The molecule has 4 aromatic heterocycles. The van der Waals surface area contributed by atoms with Crippen LogP contribution in [-0.2, 0) is 6.61 Å². The smallest absolute Gasteiger partial charge is 0.217 e. The van der Waals surface area contributed by atoms with Gasteiger partial charge < -0.3 is 9.15 Å². The van der Waals surface area contributed by atoms with Gasteiger partial charge in [0.1, 0.15) is 29.3 Å². The van der Waals surface area contributed by atoms with Gasteiger partial charge in [-0.2, -0.15) is 0 Å². The molecule has 0 aliphatic heterocycles. The van der Waals surface area contributed by atoms with Crippen molar-refractivity contribution in [2.45, 2.75) is 27.4 Å². The number of rotatable bonds is 4. The molecule has 146 valence electrons. The van der Waals surface area contributed by atoms with Gasteiger partial charge in [0.15, 0.2) is 11.4 Å². The maximum atomic E-state index is 6.22. The molecule has 6 nitrogen and oxygen atoms in total. The van der Waals surface area contributed by atoms with Crippen LogP contribution in [0, 0.1) is 20.8 Å². The first kappa shape index (κ1) is 18.1. The van der Waals surface area contributed by atoms with Crippen LogP contribution in [-0.4, -0.2) is 19.6 Å². The highest BCUT2D eigenvalue weighted by atomic mass is 35.5. The van der Waals surface area contributed by atoms with E-state index in [1.807, 2.05) is 31.2 Å². The molecule has 0 fully saturated rings. The van der Waals surface area contributed by atoms with Crippen LogP contribution >= 0.6 is 22.9 Å². The summed E-state index contributed by atoms with van der Waals surface area (Å²) in [6.07, 6.45) is 1.69. The topological polar surface area (TPSA) is 65.5 Å². The van der Waals surface area contributed by atoms with Crippen molar-refractivity contribution in [2.75, 3.05) is 0 Å². The molecule has 0 saturated carbocycles. The second kappa shape index (κ2) is 6.86. The minimum Gasteiger partial charge on any atom is -0.484 e. The summed E-state index contributed by atoms with van der Waals surface area (Å²) in [5.41, 5.74) is 2.95. The molecule has 0 N–H and O–H groups in total. The van der Waals surface area contributed by atoms with E-state index in [4.69, 9.17) is 25.7 Å². The van der Waals surface area contributed by atoms with Gasteiger partial charge in [-0.1, -0.05) is 23.7 Å². The fourth-order valence-corrected chi connectivity index (χ4v) is 4.54. The third-order valence-electron chi connectivity index (χ3n) is 4.91. The molecule has 1 aromatic carbocycles. The number of hydrogen-bond acceptors (Lipinski definition) is 6. The Kier molecular flexibility index (Phi) is 4.29. The van der Waals surface area contributed by atoms with E-state index >= 15 is 0 Å². The number of aryl methyl sites for hydroxylation is 3. The lowest BCUT2D eigenvalue weighted by atomic mass is 10.2. The Bertz CT molecular complexity index is 1350. The summed E-state index contributed by atoms with van der Waals surface area (Å²) in [5.74, 6) is 2.43. The summed E-state index contributed by atoms with van der Waals surface area (Å²) >= 11 is 7.89. The minimum absolute atomic E-state index is 0.270. The van der Waals surface area contributed by atoms with Crippen LogP contribution in [0.15, 0.2) is 41.1 Å². The van der Waals surface area contributed by atoms with Crippen LogP contribution in [0.1, 0.15) is 21.8 Å². The van der Waals surface area contributed by atoms with E-state index in [-0.39, 0.29) is 6.61 Å².